The van der Waals surface area contributed by atoms with Crippen LogP contribution in [0.3, 0.4) is 0 Å². The zero-order valence-electron chi connectivity index (χ0n) is 16.1. The fraction of sp³-hybridized carbons (Fsp3) is 0.286. The zero-order chi connectivity index (χ0) is 20.1. The van der Waals surface area contributed by atoms with Gasteiger partial charge < -0.3 is 10.1 Å². The number of nitrogens with zero attached hydrogens (tertiary/aromatic N) is 2. The van der Waals surface area contributed by atoms with Crippen molar-refractivity contribution in [1.82, 2.24) is 14.9 Å². The molecule has 1 aromatic heterocycles. The van der Waals surface area contributed by atoms with Gasteiger partial charge in [-0.2, -0.15) is 0 Å². The molecule has 1 heterocycles. The maximum Gasteiger partial charge on any atom is 0.266 e. The lowest BCUT2D eigenvalue weighted by Crippen LogP contribution is -2.32. The van der Waals surface area contributed by atoms with E-state index in [1.807, 2.05) is 44.2 Å². The number of hydrogen-bond donors (Lipinski definition) is 1. The Morgan fingerprint density at radius 2 is 1.93 bits per heavy atom. The number of carbonyl (C=O) groups is 1. The average molecular weight is 398 g/mol. The van der Waals surface area contributed by atoms with Gasteiger partial charge in [0.15, 0.2) is 5.16 Å². The number of rotatable bonds is 7. The standard InChI is InChI=1S/C21H23N3O3S/c1-4-13-22-19(25)14(2)28-21-23-16-10-6-5-9-15(16)20(26)24(21)17-11-7-8-12-18(17)27-3/h5-12,14H,4,13H2,1-3H3,(H,22,25)/t14-/m0/s1. The molecule has 2 aromatic carbocycles. The molecular weight excluding hydrogens is 374 g/mol. The second kappa shape index (κ2) is 8.93. The highest BCUT2D eigenvalue weighted by molar-refractivity contribution is 8.00. The van der Waals surface area contributed by atoms with Gasteiger partial charge >= 0.3 is 0 Å². The first-order chi connectivity index (χ1) is 13.6. The van der Waals surface area contributed by atoms with Gasteiger partial charge in [-0.25, -0.2) is 4.98 Å². The topological polar surface area (TPSA) is 73.2 Å². The van der Waals surface area contributed by atoms with E-state index in [9.17, 15) is 9.59 Å². The van der Waals surface area contributed by atoms with E-state index in [2.05, 4.69) is 10.3 Å². The number of fused-ring (bicyclic) bond motifs is 1. The summed E-state index contributed by atoms with van der Waals surface area (Å²) in [4.78, 5) is 30.3. The van der Waals surface area contributed by atoms with Crippen molar-refractivity contribution in [3.63, 3.8) is 0 Å². The lowest BCUT2D eigenvalue weighted by Gasteiger charge is -2.18. The van der Waals surface area contributed by atoms with E-state index in [1.54, 1.807) is 25.3 Å². The van der Waals surface area contributed by atoms with Gasteiger partial charge in [0, 0.05) is 6.54 Å². The van der Waals surface area contributed by atoms with E-state index in [4.69, 9.17) is 4.74 Å². The van der Waals surface area contributed by atoms with Gasteiger partial charge in [-0.3, -0.25) is 14.2 Å². The second-order valence-corrected chi connectivity index (χ2v) is 7.58. The largest absolute Gasteiger partial charge is 0.495 e. The number of aromatic nitrogens is 2. The summed E-state index contributed by atoms with van der Waals surface area (Å²) in [6, 6.07) is 14.5. The van der Waals surface area contributed by atoms with Gasteiger partial charge in [-0.05, 0) is 37.6 Å². The molecule has 7 heteroatoms. The Morgan fingerprint density at radius 3 is 2.68 bits per heavy atom. The van der Waals surface area contributed by atoms with Crippen LogP contribution in [0.4, 0.5) is 0 Å². The lowest BCUT2D eigenvalue weighted by atomic mass is 10.2. The summed E-state index contributed by atoms with van der Waals surface area (Å²) in [7, 11) is 1.56. The first-order valence-corrected chi connectivity index (χ1v) is 10.0. The van der Waals surface area contributed by atoms with Crippen LogP contribution in [0.25, 0.3) is 16.6 Å². The number of amides is 1. The van der Waals surface area contributed by atoms with Crippen LogP contribution >= 0.6 is 11.8 Å². The van der Waals surface area contributed by atoms with Crippen molar-refractivity contribution < 1.29 is 9.53 Å². The Hall–Kier alpha value is -2.80. The van der Waals surface area contributed by atoms with Crippen molar-refractivity contribution >= 4 is 28.6 Å². The van der Waals surface area contributed by atoms with Crippen molar-refractivity contribution in [3.8, 4) is 11.4 Å². The van der Waals surface area contributed by atoms with Gasteiger partial charge in [0.05, 0.1) is 29.0 Å². The number of para-hydroxylation sites is 3. The molecule has 0 aliphatic carbocycles. The van der Waals surface area contributed by atoms with Gasteiger partial charge in [0.2, 0.25) is 5.91 Å². The van der Waals surface area contributed by atoms with Crippen LogP contribution in [0, 0.1) is 0 Å². The molecule has 0 bridgehead atoms. The first kappa shape index (κ1) is 19.9. The molecule has 0 aliphatic rings. The molecule has 3 rings (SSSR count). The number of benzene rings is 2. The Balaban J connectivity index is 2.15. The quantitative estimate of drug-likeness (QED) is 0.489. The molecule has 0 saturated carbocycles. The minimum Gasteiger partial charge on any atom is -0.495 e. The van der Waals surface area contributed by atoms with Crippen molar-refractivity contribution in [2.45, 2.75) is 30.7 Å². The minimum absolute atomic E-state index is 0.0826. The van der Waals surface area contributed by atoms with E-state index < -0.39 is 5.25 Å². The van der Waals surface area contributed by atoms with Crippen LogP contribution in [-0.4, -0.2) is 34.4 Å². The van der Waals surface area contributed by atoms with Crippen molar-refractivity contribution in [3.05, 3.63) is 58.9 Å². The summed E-state index contributed by atoms with van der Waals surface area (Å²) in [5, 5.41) is 3.45. The maximum atomic E-state index is 13.3. The first-order valence-electron chi connectivity index (χ1n) is 9.16. The minimum atomic E-state index is -0.402. The van der Waals surface area contributed by atoms with E-state index in [1.165, 1.54) is 16.3 Å². The van der Waals surface area contributed by atoms with Crippen molar-refractivity contribution in [2.24, 2.45) is 0 Å². The summed E-state index contributed by atoms with van der Waals surface area (Å²) in [5.74, 6) is 0.479. The summed E-state index contributed by atoms with van der Waals surface area (Å²) in [5.41, 5.74) is 0.998. The Morgan fingerprint density at radius 1 is 1.21 bits per heavy atom. The molecule has 6 nitrogen and oxygen atoms in total. The molecule has 0 unspecified atom stereocenters. The molecule has 0 radical (unpaired) electrons. The molecule has 146 valence electrons. The maximum absolute atomic E-state index is 13.3. The van der Waals surface area contributed by atoms with Gasteiger partial charge in [-0.15, -0.1) is 0 Å². The monoisotopic (exact) mass is 397 g/mol. The summed E-state index contributed by atoms with van der Waals surface area (Å²) >= 11 is 1.26. The fourth-order valence-electron chi connectivity index (χ4n) is 2.82. The van der Waals surface area contributed by atoms with Gasteiger partial charge in [0.25, 0.3) is 5.56 Å². The molecule has 1 atom stereocenters. The van der Waals surface area contributed by atoms with Gasteiger partial charge in [-0.1, -0.05) is 43.0 Å². The average Bonchev–Trinajstić information content (AvgIpc) is 2.72. The molecule has 3 aromatic rings. The van der Waals surface area contributed by atoms with E-state index in [0.717, 1.165) is 6.42 Å². The molecule has 1 N–H and O–H groups in total. The molecule has 0 spiro atoms. The van der Waals surface area contributed by atoms with E-state index in [0.29, 0.717) is 34.0 Å². The third-order valence-corrected chi connectivity index (χ3v) is 5.32. The van der Waals surface area contributed by atoms with Crippen LogP contribution in [-0.2, 0) is 4.79 Å². The van der Waals surface area contributed by atoms with Crippen molar-refractivity contribution in [1.29, 1.82) is 0 Å². The molecule has 0 saturated heterocycles. The Bertz CT molecular complexity index is 1050. The number of nitrogens with one attached hydrogen (secondary N) is 1. The highest BCUT2D eigenvalue weighted by Crippen LogP contribution is 2.29. The fourth-order valence-corrected chi connectivity index (χ4v) is 3.77. The van der Waals surface area contributed by atoms with Crippen molar-refractivity contribution in [2.75, 3.05) is 13.7 Å². The van der Waals surface area contributed by atoms with Crippen LogP contribution in [0.5, 0.6) is 5.75 Å². The highest BCUT2D eigenvalue weighted by atomic mass is 32.2. The highest BCUT2D eigenvalue weighted by Gasteiger charge is 2.21. The summed E-state index contributed by atoms with van der Waals surface area (Å²) in [6.07, 6.45) is 0.864. The lowest BCUT2D eigenvalue weighted by molar-refractivity contribution is -0.120. The van der Waals surface area contributed by atoms with Crippen LogP contribution in [0.1, 0.15) is 20.3 Å². The molecule has 1 amide bonds. The number of ether oxygens (including phenoxy) is 1. The molecular formula is C21H23N3O3S. The van der Waals surface area contributed by atoms with Crippen LogP contribution in [0.2, 0.25) is 0 Å². The third kappa shape index (κ3) is 4.04. The molecule has 0 aliphatic heterocycles. The molecule has 0 fully saturated rings. The number of carbonyl (C=O) groups excluding carboxylic acids is 1. The van der Waals surface area contributed by atoms with Gasteiger partial charge in [0.1, 0.15) is 5.75 Å². The smallest absolute Gasteiger partial charge is 0.266 e. The zero-order valence-corrected chi connectivity index (χ0v) is 17.0. The summed E-state index contributed by atoms with van der Waals surface area (Å²) in [6.45, 7) is 4.43. The summed E-state index contributed by atoms with van der Waals surface area (Å²) < 4.78 is 6.97. The van der Waals surface area contributed by atoms with Crippen LogP contribution < -0.4 is 15.6 Å². The predicted molar refractivity (Wildman–Crippen MR) is 113 cm³/mol. The third-order valence-electron chi connectivity index (χ3n) is 4.27. The van der Waals surface area contributed by atoms with E-state index in [-0.39, 0.29) is 11.5 Å². The predicted octanol–water partition coefficient (Wildman–Crippen LogP) is 3.40. The van der Waals surface area contributed by atoms with Crippen LogP contribution in [0.15, 0.2) is 58.5 Å². The number of hydrogen-bond acceptors (Lipinski definition) is 5. The SMILES string of the molecule is CCCNC(=O)[C@H](C)Sc1nc2ccccc2c(=O)n1-c1ccccc1OC. The molecule has 28 heavy (non-hydrogen) atoms. The Kier molecular flexibility index (Phi) is 6.36. The number of methoxy groups -OCH3 is 1. The van der Waals surface area contributed by atoms with E-state index >= 15 is 0 Å². The number of thioether (sulfide) groups is 1. The Labute approximate surface area is 167 Å². The second-order valence-electron chi connectivity index (χ2n) is 6.28. The normalized spacial score (nSPS) is 12.0.